The molecule has 0 bridgehead atoms. The van der Waals surface area contributed by atoms with Gasteiger partial charge >= 0.3 is 0 Å². The second-order valence-electron chi connectivity index (χ2n) is 5.88. The number of hydrogen-bond acceptors (Lipinski definition) is 3. The lowest BCUT2D eigenvalue weighted by molar-refractivity contribution is 0.102. The van der Waals surface area contributed by atoms with E-state index in [9.17, 15) is 17.6 Å². The van der Waals surface area contributed by atoms with Gasteiger partial charge in [-0.3, -0.25) is 9.10 Å². The highest BCUT2D eigenvalue weighted by atomic mass is 32.2. The van der Waals surface area contributed by atoms with Crippen LogP contribution in [0.25, 0.3) is 0 Å². The summed E-state index contributed by atoms with van der Waals surface area (Å²) in [6, 6.07) is 10.6. The minimum atomic E-state index is -3.31. The van der Waals surface area contributed by atoms with E-state index in [0.29, 0.717) is 17.9 Å². The van der Waals surface area contributed by atoms with E-state index in [1.165, 1.54) is 28.6 Å². The van der Waals surface area contributed by atoms with Crippen molar-refractivity contribution < 1.29 is 17.6 Å². The van der Waals surface area contributed by atoms with Crippen molar-refractivity contribution in [3.05, 3.63) is 59.4 Å². The first kappa shape index (κ1) is 17.4. The number of halogens is 1. The fourth-order valence-electron chi connectivity index (χ4n) is 2.92. The van der Waals surface area contributed by atoms with E-state index < -0.39 is 21.7 Å². The van der Waals surface area contributed by atoms with E-state index in [0.717, 1.165) is 18.4 Å². The van der Waals surface area contributed by atoms with Gasteiger partial charge in [-0.25, -0.2) is 12.8 Å². The third kappa shape index (κ3) is 3.66. The Morgan fingerprint density at radius 1 is 1.24 bits per heavy atom. The number of nitrogens with one attached hydrogen (secondary N) is 1. The van der Waals surface area contributed by atoms with Gasteiger partial charge in [0.1, 0.15) is 5.82 Å². The summed E-state index contributed by atoms with van der Waals surface area (Å²) >= 11 is 0. The van der Waals surface area contributed by atoms with Crippen LogP contribution in [0.15, 0.2) is 42.5 Å². The Morgan fingerprint density at radius 3 is 2.76 bits per heavy atom. The van der Waals surface area contributed by atoms with Crippen LogP contribution in [0.5, 0.6) is 0 Å². The molecule has 0 radical (unpaired) electrons. The number of carbonyl (C=O) groups excluding carboxylic acids is 1. The van der Waals surface area contributed by atoms with Gasteiger partial charge < -0.3 is 5.32 Å². The number of hydrogen-bond donors (Lipinski definition) is 1. The Balaban J connectivity index is 1.85. The topological polar surface area (TPSA) is 66.5 Å². The molecule has 1 amide bonds. The Hall–Kier alpha value is -2.41. The first-order valence-electron chi connectivity index (χ1n) is 8.11. The molecule has 0 saturated heterocycles. The molecule has 1 heterocycles. The Kier molecular flexibility index (Phi) is 4.76. The molecule has 0 spiro atoms. The van der Waals surface area contributed by atoms with Gasteiger partial charge in [-0.15, -0.1) is 0 Å². The molecular weight excluding hydrogens is 343 g/mol. The molecule has 1 N–H and O–H groups in total. The molecule has 1 aliphatic heterocycles. The SMILES string of the molecule is CCS(=O)(=O)N1CCCc2cc(NC(=O)c3cccc(F)c3)ccc21. The molecule has 25 heavy (non-hydrogen) atoms. The number of sulfonamides is 1. The van der Waals surface area contributed by atoms with E-state index in [2.05, 4.69) is 5.32 Å². The van der Waals surface area contributed by atoms with Crippen LogP contribution in [-0.4, -0.2) is 26.6 Å². The summed E-state index contributed by atoms with van der Waals surface area (Å²) in [6.07, 6.45) is 1.47. The van der Waals surface area contributed by atoms with E-state index in [-0.39, 0.29) is 11.3 Å². The van der Waals surface area contributed by atoms with Crippen LogP contribution in [0, 0.1) is 5.82 Å². The molecule has 1 aliphatic rings. The normalized spacial score (nSPS) is 14.1. The van der Waals surface area contributed by atoms with Crippen LogP contribution in [0.4, 0.5) is 15.8 Å². The van der Waals surface area contributed by atoms with E-state index in [1.807, 2.05) is 0 Å². The van der Waals surface area contributed by atoms with Gasteiger partial charge in [0.25, 0.3) is 5.91 Å². The maximum absolute atomic E-state index is 13.2. The van der Waals surface area contributed by atoms with E-state index in [4.69, 9.17) is 0 Å². The molecule has 0 atom stereocenters. The van der Waals surface area contributed by atoms with Crippen LogP contribution >= 0.6 is 0 Å². The summed E-state index contributed by atoms with van der Waals surface area (Å²) in [6.45, 7) is 2.09. The molecule has 0 fully saturated rings. The summed E-state index contributed by atoms with van der Waals surface area (Å²) < 4.78 is 39.1. The van der Waals surface area contributed by atoms with Gasteiger partial charge in [-0.1, -0.05) is 6.07 Å². The van der Waals surface area contributed by atoms with Gasteiger partial charge in [-0.2, -0.15) is 0 Å². The van der Waals surface area contributed by atoms with Crippen molar-refractivity contribution in [2.45, 2.75) is 19.8 Å². The lowest BCUT2D eigenvalue weighted by Crippen LogP contribution is -2.36. The second kappa shape index (κ2) is 6.84. The number of amides is 1. The summed E-state index contributed by atoms with van der Waals surface area (Å²) in [5, 5.41) is 2.73. The zero-order valence-electron chi connectivity index (χ0n) is 13.8. The number of rotatable bonds is 4. The maximum atomic E-state index is 13.2. The lowest BCUT2D eigenvalue weighted by atomic mass is 10.0. The highest BCUT2D eigenvalue weighted by molar-refractivity contribution is 7.92. The van der Waals surface area contributed by atoms with Gasteiger partial charge in [0.15, 0.2) is 0 Å². The fourth-order valence-corrected chi connectivity index (χ4v) is 4.11. The van der Waals surface area contributed by atoms with Crippen molar-refractivity contribution in [2.75, 3.05) is 21.9 Å². The number of fused-ring (bicyclic) bond motifs is 1. The monoisotopic (exact) mass is 362 g/mol. The highest BCUT2D eigenvalue weighted by Gasteiger charge is 2.26. The fraction of sp³-hybridized carbons (Fsp3) is 0.278. The highest BCUT2D eigenvalue weighted by Crippen LogP contribution is 2.31. The molecular formula is C18H19FN2O3S. The van der Waals surface area contributed by atoms with Gasteiger partial charge in [0.2, 0.25) is 10.0 Å². The molecule has 3 rings (SSSR count). The summed E-state index contributed by atoms with van der Waals surface area (Å²) in [5.74, 6) is -0.836. The van der Waals surface area contributed by atoms with Crippen LogP contribution < -0.4 is 9.62 Å². The standard InChI is InChI=1S/C18H19FN2O3S/c1-2-25(23,24)21-10-4-6-13-12-16(8-9-17(13)21)20-18(22)14-5-3-7-15(19)11-14/h3,5,7-9,11-12H,2,4,6,10H2,1H3,(H,20,22). The van der Waals surface area contributed by atoms with Crippen molar-refractivity contribution in [2.24, 2.45) is 0 Å². The molecule has 132 valence electrons. The number of nitrogens with zero attached hydrogens (tertiary/aromatic N) is 1. The maximum Gasteiger partial charge on any atom is 0.255 e. The zero-order valence-corrected chi connectivity index (χ0v) is 14.6. The van der Waals surface area contributed by atoms with Crippen molar-refractivity contribution in [3.8, 4) is 0 Å². The third-order valence-corrected chi connectivity index (χ3v) is 5.98. The predicted molar refractivity (Wildman–Crippen MR) is 95.9 cm³/mol. The van der Waals surface area contributed by atoms with Crippen molar-refractivity contribution in [1.29, 1.82) is 0 Å². The van der Waals surface area contributed by atoms with Crippen molar-refractivity contribution in [3.63, 3.8) is 0 Å². The minimum absolute atomic E-state index is 0.0461. The summed E-state index contributed by atoms with van der Waals surface area (Å²) in [5.41, 5.74) is 2.33. The van der Waals surface area contributed by atoms with Crippen LogP contribution in [0.1, 0.15) is 29.3 Å². The van der Waals surface area contributed by atoms with Crippen molar-refractivity contribution >= 4 is 27.3 Å². The van der Waals surface area contributed by atoms with Gasteiger partial charge in [0, 0.05) is 17.8 Å². The first-order valence-corrected chi connectivity index (χ1v) is 9.72. The average Bonchev–Trinajstić information content (AvgIpc) is 2.61. The molecule has 5 nitrogen and oxygen atoms in total. The lowest BCUT2D eigenvalue weighted by Gasteiger charge is -2.30. The number of aryl methyl sites for hydroxylation is 1. The second-order valence-corrected chi connectivity index (χ2v) is 8.07. The van der Waals surface area contributed by atoms with Crippen LogP contribution in [0.2, 0.25) is 0 Å². The molecule has 0 unspecified atom stereocenters. The summed E-state index contributed by atoms with van der Waals surface area (Å²) in [4.78, 5) is 12.2. The Bertz CT molecular complexity index is 912. The number of anilines is 2. The number of benzene rings is 2. The molecule has 0 aromatic heterocycles. The smallest absolute Gasteiger partial charge is 0.255 e. The quantitative estimate of drug-likeness (QED) is 0.908. The third-order valence-electron chi connectivity index (χ3n) is 4.20. The predicted octanol–water partition coefficient (Wildman–Crippen LogP) is 3.18. The first-order chi connectivity index (χ1) is 11.9. The molecule has 2 aromatic carbocycles. The summed E-state index contributed by atoms with van der Waals surface area (Å²) in [7, 11) is -3.31. The Morgan fingerprint density at radius 2 is 2.04 bits per heavy atom. The molecule has 0 aliphatic carbocycles. The number of carbonyl (C=O) groups is 1. The van der Waals surface area contributed by atoms with Gasteiger partial charge in [0.05, 0.1) is 11.4 Å². The van der Waals surface area contributed by atoms with Gasteiger partial charge in [-0.05, 0) is 61.7 Å². The molecule has 7 heteroatoms. The van der Waals surface area contributed by atoms with E-state index in [1.54, 1.807) is 25.1 Å². The van der Waals surface area contributed by atoms with Crippen LogP contribution in [-0.2, 0) is 16.4 Å². The van der Waals surface area contributed by atoms with E-state index >= 15 is 0 Å². The van der Waals surface area contributed by atoms with Crippen LogP contribution in [0.3, 0.4) is 0 Å². The molecule has 2 aromatic rings. The molecule has 0 saturated carbocycles. The van der Waals surface area contributed by atoms with Crippen molar-refractivity contribution in [1.82, 2.24) is 0 Å². The zero-order chi connectivity index (χ0) is 18.0. The average molecular weight is 362 g/mol. The largest absolute Gasteiger partial charge is 0.322 e. The Labute approximate surface area is 146 Å². The minimum Gasteiger partial charge on any atom is -0.322 e.